The van der Waals surface area contributed by atoms with Gasteiger partial charge in [0.1, 0.15) is 5.54 Å². The van der Waals surface area contributed by atoms with E-state index in [-0.39, 0.29) is 17.6 Å². The van der Waals surface area contributed by atoms with Crippen molar-refractivity contribution >= 4 is 17.7 Å². The lowest BCUT2D eigenvalue weighted by Gasteiger charge is -2.27. The zero-order valence-electron chi connectivity index (χ0n) is 18.5. The van der Waals surface area contributed by atoms with Gasteiger partial charge in [-0.05, 0) is 49.9 Å². The number of aryl methyl sites for hydroxylation is 2. The number of aromatic nitrogens is 3. The van der Waals surface area contributed by atoms with Crippen LogP contribution in [0.3, 0.4) is 0 Å². The van der Waals surface area contributed by atoms with E-state index >= 15 is 0 Å². The summed E-state index contributed by atoms with van der Waals surface area (Å²) >= 11 is 1.31. The normalized spacial score (nSPS) is 12.9. The van der Waals surface area contributed by atoms with E-state index in [0.29, 0.717) is 5.16 Å². The second-order valence-corrected chi connectivity index (χ2v) is 9.02. The van der Waals surface area contributed by atoms with Gasteiger partial charge in [0.2, 0.25) is 5.91 Å². The minimum Gasteiger partial charge on any atom is -0.337 e. The number of nitrogens with zero attached hydrogens (tertiary/aromatic N) is 4. The molecule has 1 atom stereocenters. The van der Waals surface area contributed by atoms with Crippen LogP contribution in [0.15, 0.2) is 53.7 Å². The van der Waals surface area contributed by atoms with Gasteiger partial charge in [0.25, 0.3) is 0 Å². The summed E-state index contributed by atoms with van der Waals surface area (Å²) in [5.41, 5.74) is 3.35. The number of hydrogen-bond donors (Lipinski definition) is 1. The van der Waals surface area contributed by atoms with Gasteiger partial charge in [-0.2, -0.15) is 5.26 Å². The first kappa shape index (κ1) is 22.6. The highest BCUT2D eigenvalue weighted by Crippen LogP contribution is 2.29. The number of carbonyl (C=O) groups is 1. The summed E-state index contributed by atoms with van der Waals surface area (Å²) in [6.45, 7) is 9.72. The molecule has 3 rings (SSSR count). The van der Waals surface area contributed by atoms with Gasteiger partial charge in [-0.25, -0.2) is 0 Å². The molecular weight excluding hydrogens is 406 g/mol. The van der Waals surface area contributed by atoms with Gasteiger partial charge in [-0.1, -0.05) is 62.0 Å². The molecule has 7 heteroatoms. The molecule has 1 amide bonds. The van der Waals surface area contributed by atoms with Crippen molar-refractivity contribution in [3.05, 3.63) is 59.7 Å². The fraction of sp³-hybridized carbons (Fsp3) is 0.333. The number of rotatable bonds is 7. The molecule has 160 valence electrons. The summed E-state index contributed by atoms with van der Waals surface area (Å²) < 4.78 is 1.98. The Labute approximate surface area is 187 Å². The van der Waals surface area contributed by atoms with E-state index in [0.717, 1.165) is 17.1 Å². The molecule has 0 fully saturated rings. The van der Waals surface area contributed by atoms with Crippen molar-refractivity contribution in [2.45, 2.75) is 45.3 Å². The van der Waals surface area contributed by atoms with Crippen molar-refractivity contribution in [2.24, 2.45) is 5.92 Å². The van der Waals surface area contributed by atoms with Gasteiger partial charge in [0, 0.05) is 5.56 Å². The maximum Gasteiger partial charge on any atom is 0.231 e. The summed E-state index contributed by atoms with van der Waals surface area (Å²) in [6, 6.07) is 18.3. The van der Waals surface area contributed by atoms with Crippen molar-refractivity contribution in [1.29, 1.82) is 5.26 Å². The highest BCUT2D eigenvalue weighted by molar-refractivity contribution is 7.99. The summed E-state index contributed by atoms with van der Waals surface area (Å²) in [6.07, 6.45) is 0. The Kier molecular flexibility index (Phi) is 6.81. The van der Waals surface area contributed by atoms with E-state index in [2.05, 4.69) is 47.6 Å². The molecule has 3 aromatic rings. The second-order valence-electron chi connectivity index (χ2n) is 8.08. The minimum atomic E-state index is -0.908. The number of amides is 1. The molecule has 0 bridgehead atoms. The monoisotopic (exact) mass is 433 g/mol. The predicted octanol–water partition coefficient (Wildman–Crippen LogP) is 4.70. The molecule has 0 aliphatic rings. The Morgan fingerprint density at radius 1 is 1.16 bits per heavy atom. The third-order valence-corrected chi connectivity index (χ3v) is 6.46. The van der Waals surface area contributed by atoms with Crippen molar-refractivity contribution < 1.29 is 4.79 Å². The number of thioether (sulfide) groups is 1. The average molecular weight is 434 g/mol. The third-order valence-electron chi connectivity index (χ3n) is 5.53. The van der Waals surface area contributed by atoms with Gasteiger partial charge in [0.15, 0.2) is 11.0 Å². The summed E-state index contributed by atoms with van der Waals surface area (Å²) in [7, 11) is 0. The molecule has 0 saturated heterocycles. The third kappa shape index (κ3) is 4.97. The summed E-state index contributed by atoms with van der Waals surface area (Å²) in [5, 5.41) is 21.7. The Balaban J connectivity index is 1.92. The molecular formula is C24H27N5OS. The van der Waals surface area contributed by atoms with Crippen LogP contribution in [0.4, 0.5) is 0 Å². The first-order valence-electron chi connectivity index (χ1n) is 10.2. The standard InChI is InChI=1S/C24H27N5OS/c1-16(2)24(5,15-25)26-21(30)14-31-23-28-27-22(19-9-7-6-8-10-19)29(23)20-12-11-17(3)18(4)13-20/h6-13,16H,14H2,1-5H3,(H,26,30). The number of hydrogen-bond acceptors (Lipinski definition) is 5. The average Bonchev–Trinajstić information content (AvgIpc) is 3.18. The molecule has 0 aliphatic heterocycles. The Bertz CT molecular complexity index is 1120. The quantitative estimate of drug-likeness (QED) is 0.546. The van der Waals surface area contributed by atoms with Crippen LogP contribution in [0.25, 0.3) is 17.1 Å². The minimum absolute atomic E-state index is 0.00433. The van der Waals surface area contributed by atoms with Gasteiger partial charge in [-0.3, -0.25) is 9.36 Å². The van der Waals surface area contributed by atoms with E-state index in [1.807, 2.05) is 54.8 Å². The Morgan fingerprint density at radius 3 is 2.48 bits per heavy atom. The smallest absolute Gasteiger partial charge is 0.231 e. The maximum atomic E-state index is 12.6. The molecule has 0 saturated carbocycles. The van der Waals surface area contributed by atoms with Crippen LogP contribution >= 0.6 is 11.8 Å². The molecule has 2 aromatic carbocycles. The maximum absolute atomic E-state index is 12.6. The van der Waals surface area contributed by atoms with Crippen LogP contribution in [0.5, 0.6) is 0 Å². The lowest BCUT2D eigenvalue weighted by atomic mass is 9.90. The SMILES string of the molecule is Cc1ccc(-n2c(SCC(=O)NC(C)(C#N)C(C)C)nnc2-c2ccccc2)cc1C. The lowest BCUT2D eigenvalue weighted by Crippen LogP contribution is -2.49. The highest BCUT2D eigenvalue weighted by Gasteiger charge is 2.30. The predicted molar refractivity (Wildman–Crippen MR) is 124 cm³/mol. The molecule has 1 N–H and O–H groups in total. The van der Waals surface area contributed by atoms with E-state index in [1.54, 1.807) is 6.92 Å². The molecule has 1 aromatic heterocycles. The van der Waals surface area contributed by atoms with Crippen LogP contribution in [-0.4, -0.2) is 32.0 Å². The molecule has 1 heterocycles. The first-order valence-corrected chi connectivity index (χ1v) is 11.2. The van der Waals surface area contributed by atoms with Crippen LogP contribution in [-0.2, 0) is 4.79 Å². The summed E-state index contributed by atoms with van der Waals surface area (Å²) in [5.74, 6) is 0.645. The van der Waals surface area contributed by atoms with Gasteiger partial charge in [-0.15, -0.1) is 10.2 Å². The van der Waals surface area contributed by atoms with Crippen molar-refractivity contribution in [3.63, 3.8) is 0 Å². The first-order chi connectivity index (χ1) is 14.7. The van der Waals surface area contributed by atoms with Crippen molar-refractivity contribution in [2.75, 3.05) is 5.75 Å². The van der Waals surface area contributed by atoms with Gasteiger partial charge in [0.05, 0.1) is 17.5 Å². The fourth-order valence-electron chi connectivity index (χ4n) is 2.99. The summed E-state index contributed by atoms with van der Waals surface area (Å²) in [4.78, 5) is 12.6. The second kappa shape index (κ2) is 9.36. The zero-order chi connectivity index (χ0) is 22.6. The Morgan fingerprint density at radius 2 is 1.87 bits per heavy atom. The number of carbonyl (C=O) groups excluding carboxylic acids is 1. The molecule has 0 aliphatic carbocycles. The van der Waals surface area contributed by atoms with E-state index < -0.39 is 5.54 Å². The molecule has 31 heavy (non-hydrogen) atoms. The van der Waals surface area contributed by atoms with E-state index in [1.165, 1.54) is 22.9 Å². The van der Waals surface area contributed by atoms with Crippen molar-refractivity contribution in [3.8, 4) is 23.1 Å². The van der Waals surface area contributed by atoms with Crippen LogP contribution in [0.2, 0.25) is 0 Å². The lowest BCUT2D eigenvalue weighted by molar-refractivity contribution is -0.120. The molecule has 1 unspecified atom stereocenters. The topological polar surface area (TPSA) is 83.6 Å². The van der Waals surface area contributed by atoms with Gasteiger partial charge >= 0.3 is 0 Å². The fourth-order valence-corrected chi connectivity index (χ4v) is 3.74. The van der Waals surface area contributed by atoms with Crippen LogP contribution in [0.1, 0.15) is 31.9 Å². The number of benzene rings is 2. The zero-order valence-corrected chi connectivity index (χ0v) is 19.3. The van der Waals surface area contributed by atoms with Crippen molar-refractivity contribution in [1.82, 2.24) is 20.1 Å². The van der Waals surface area contributed by atoms with Gasteiger partial charge < -0.3 is 5.32 Å². The van der Waals surface area contributed by atoms with Crippen LogP contribution in [0, 0.1) is 31.1 Å². The largest absolute Gasteiger partial charge is 0.337 e. The highest BCUT2D eigenvalue weighted by atomic mass is 32.2. The number of nitriles is 1. The van der Waals surface area contributed by atoms with E-state index in [9.17, 15) is 10.1 Å². The Hall–Kier alpha value is -3.11. The van der Waals surface area contributed by atoms with E-state index in [4.69, 9.17) is 0 Å². The number of nitrogens with one attached hydrogen (secondary N) is 1. The van der Waals surface area contributed by atoms with Crippen LogP contribution < -0.4 is 5.32 Å². The molecule has 0 spiro atoms. The molecule has 0 radical (unpaired) electrons. The molecule has 6 nitrogen and oxygen atoms in total.